The summed E-state index contributed by atoms with van der Waals surface area (Å²) >= 11 is 0. The van der Waals surface area contributed by atoms with Gasteiger partial charge >= 0.3 is 0 Å². The lowest BCUT2D eigenvalue weighted by atomic mass is 9.98. The molecule has 0 N–H and O–H groups in total. The lowest BCUT2D eigenvalue weighted by Crippen LogP contribution is -2.42. The van der Waals surface area contributed by atoms with Crippen LogP contribution in [0.1, 0.15) is 31.0 Å². The van der Waals surface area contributed by atoms with Gasteiger partial charge in [0.1, 0.15) is 0 Å². The molecule has 6 heteroatoms. The van der Waals surface area contributed by atoms with Crippen LogP contribution in [0.5, 0.6) is 11.5 Å². The van der Waals surface area contributed by atoms with E-state index in [2.05, 4.69) is 18.1 Å². The van der Waals surface area contributed by atoms with E-state index in [1.165, 1.54) is 5.56 Å². The molecule has 3 heterocycles. The lowest BCUT2D eigenvalue weighted by molar-refractivity contribution is -0.121. The second kappa shape index (κ2) is 5.86. The van der Waals surface area contributed by atoms with Crippen molar-refractivity contribution in [1.82, 2.24) is 5.16 Å². The van der Waals surface area contributed by atoms with E-state index in [0.29, 0.717) is 17.2 Å². The Balaban J connectivity index is 1.33. The number of carbonyl (C=O) groups is 1. The van der Waals surface area contributed by atoms with Crippen LogP contribution in [0.2, 0.25) is 0 Å². The molecule has 0 spiro atoms. The zero-order valence-electron chi connectivity index (χ0n) is 16.1. The molecule has 3 aromatic rings. The van der Waals surface area contributed by atoms with Gasteiger partial charge in [0.15, 0.2) is 17.3 Å². The Bertz CT molecular complexity index is 1130. The van der Waals surface area contributed by atoms with E-state index in [4.69, 9.17) is 14.0 Å². The first-order valence-corrected chi connectivity index (χ1v) is 9.94. The monoisotopic (exact) mass is 388 g/mol. The van der Waals surface area contributed by atoms with Crippen LogP contribution in [0.25, 0.3) is 11.3 Å². The summed E-state index contributed by atoms with van der Waals surface area (Å²) in [5, 5.41) is 4.30. The Morgan fingerprint density at radius 3 is 2.79 bits per heavy atom. The molecule has 6 rings (SSSR count). The Labute approximate surface area is 168 Å². The highest BCUT2D eigenvalue weighted by Gasteiger charge is 2.57. The van der Waals surface area contributed by atoms with Gasteiger partial charge in [-0.05, 0) is 56.0 Å². The van der Waals surface area contributed by atoms with Gasteiger partial charge in [-0.3, -0.25) is 4.79 Å². The van der Waals surface area contributed by atoms with Crippen molar-refractivity contribution >= 4 is 11.6 Å². The normalized spacial score (nSPS) is 20.6. The quantitative estimate of drug-likeness (QED) is 0.676. The third kappa shape index (κ3) is 2.41. The van der Waals surface area contributed by atoms with E-state index in [1.807, 2.05) is 47.4 Å². The van der Waals surface area contributed by atoms with Gasteiger partial charge in [-0.2, -0.15) is 0 Å². The van der Waals surface area contributed by atoms with E-state index in [0.717, 1.165) is 36.3 Å². The van der Waals surface area contributed by atoms with Gasteiger partial charge in [-0.25, -0.2) is 0 Å². The van der Waals surface area contributed by atoms with Crippen LogP contribution >= 0.6 is 0 Å². The van der Waals surface area contributed by atoms with Gasteiger partial charge in [0, 0.05) is 23.4 Å². The summed E-state index contributed by atoms with van der Waals surface area (Å²) in [6.07, 6.45) is 2.48. The van der Waals surface area contributed by atoms with Crippen molar-refractivity contribution in [2.24, 2.45) is 0 Å². The predicted octanol–water partition coefficient (Wildman–Crippen LogP) is 4.08. The number of aromatic nitrogens is 1. The number of amides is 1. The Kier molecular flexibility index (Phi) is 3.37. The first-order valence-electron chi connectivity index (χ1n) is 9.94. The Hall–Kier alpha value is -3.28. The molecule has 1 fully saturated rings. The van der Waals surface area contributed by atoms with Gasteiger partial charge in [-0.1, -0.05) is 23.4 Å². The van der Waals surface area contributed by atoms with Gasteiger partial charge < -0.3 is 18.9 Å². The van der Waals surface area contributed by atoms with E-state index in [1.54, 1.807) is 0 Å². The summed E-state index contributed by atoms with van der Waals surface area (Å²) < 4.78 is 16.4. The SMILES string of the molecule is CC1Cc2ccccc2N1C(=O)C1(c2cc(-c3ccc4c(c3)OCO4)on2)CC1. The second-order valence-corrected chi connectivity index (χ2v) is 8.08. The van der Waals surface area contributed by atoms with Gasteiger partial charge in [0.25, 0.3) is 0 Å². The number of hydrogen-bond donors (Lipinski definition) is 0. The van der Waals surface area contributed by atoms with Crippen molar-refractivity contribution < 1.29 is 18.8 Å². The fraction of sp³-hybridized carbons (Fsp3) is 0.304. The highest BCUT2D eigenvalue weighted by Crippen LogP contribution is 2.52. The molecule has 0 radical (unpaired) electrons. The molecule has 146 valence electrons. The molecule has 2 aromatic carbocycles. The molecule has 1 unspecified atom stereocenters. The first kappa shape index (κ1) is 16.7. The minimum atomic E-state index is -0.580. The number of anilines is 1. The van der Waals surface area contributed by atoms with Crippen molar-refractivity contribution in [2.75, 3.05) is 11.7 Å². The molecular formula is C23H20N2O4. The summed E-state index contributed by atoms with van der Waals surface area (Å²) in [4.78, 5) is 15.6. The average Bonchev–Trinajstić information content (AvgIpc) is 3.09. The maximum atomic E-state index is 13.6. The van der Waals surface area contributed by atoms with Crippen molar-refractivity contribution in [2.45, 2.75) is 37.6 Å². The average molecular weight is 388 g/mol. The van der Waals surface area contributed by atoms with Crippen LogP contribution in [0, 0.1) is 0 Å². The zero-order chi connectivity index (χ0) is 19.6. The molecule has 2 aliphatic heterocycles. The predicted molar refractivity (Wildman–Crippen MR) is 106 cm³/mol. The van der Waals surface area contributed by atoms with E-state index in [-0.39, 0.29) is 18.7 Å². The lowest BCUT2D eigenvalue weighted by Gasteiger charge is -2.26. The van der Waals surface area contributed by atoms with E-state index >= 15 is 0 Å². The van der Waals surface area contributed by atoms with Crippen LogP contribution in [0.4, 0.5) is 5.69 Å². The third-order valence-corrected chi connectivity index (χ3v) is 6.24. The fourth-order valence-electron chi connectivity index (χ4n) is 4.50. The number of para-hydroxylation sites is 1. The number of carbonyl (C=O) groups excluding carboxylic acids is 1. The molecule has 1 saturated carbocycles. The number of nitrogens with zero attached hydrogens (tertiary/aromatic N) is 2. The van der Waals surface area contributed by atoms with Gasteiger partial charge in [-0.15, -0.1) is 0 Å². The molecule has 0 bridgehead atoms. The third-order valence-electron chi connectivity index (χ3n) is 6.24. The number of ether oxygens (including phenoxy) is 2. The maximum absolute atomic E-state index is 13.6. The number of hydrogen-bond acceptors (Lipinski definition) is 5. The highest BCUT2D eigenvalue weighted by atomic mass is 16.7. The van der Waals surface area contributed by atoms with Crippen molar-refractivity contribution in [1.29, 1.82) is 0 Å². The van der Waals surface area contributed by atoms with Gasteiger partial charge in [0.05, 0.1) is 11.1 Å². The Morgan fingerprint density at radius 1 is 1.10 bits per heavy atom. The van der Waals surface area contributed by atoms with Crippen LogP contribution < -0.4 is 14.4 Å². The summed E-state index contributed by atoms with van der Waals surface area (Å²) in [6, 6.07) is 15.9. The van der Waals surface area contributed by atoms with Crippen molar-refractivity contribution in [3.63, 3.8) is 0 Å². The first-order chi connectivity index (χ1) is 14.2. The highest BCUT2D eigenvalue weighted by molar-refractivity contribution is 6.05. The molecular weight excluding hydrogens is 368 g/mol. The number of benzene rings is 2. The molecule has 29 heavy (non-hydrogen) atoms. The minimum absolute atomic E-state index is 0.125. The maximum Gasteiger partial charge on any atom is 0.239 e. The topological polar surface area (TPSA) is 64.8 Å². The van der Waals surface area contributed by atoms with Crippen LogP contribution in [0.3, 0.4) is 0 Å². The van der Waals surface area contributed by atoms with Gasteiger partial charge in [0.2, 0.25) is 12.7 Å². The van der Waals surface area contributed by atoms with E-state index < -0.39 is 5.41 Å². The van der Waals surface area contributed by atoms with Crippen LogP contribution in [-0.4, -0.2) is 23.9 Å². The van der Waals surface area contributed by atoms with Crippen molar-refractivity contribution in [3.05, 3.63) is 59.8 Å². The molecule has 1 aromatic heterocycles. The molecule has 6 nitrogen and oxygen atoms in total. The zero-order valence-corrected chi connectivity index (χ0v) is 16.1. The molecule has 1 amide bonds. The summed E-state index contributed by atoms with van der Waals surface area (Å²) in [7, 11) is 0. The molecule has 1 atom stereocenters. The van der Waals surface area contributed by atoms with Crippen LogP contribution in [0.15, 0.2) is 53.1 Å². The minimum Gasteiger partial charge on any atom is -0.454 e. The standard InChI is InChI=1S/C23H20N2O4/c1-14-10-15-4-2-3-5-17(15)25(14)22(26)23(8-9-23)21-12-19(29-24-21)16-6-7-18-20(11-16)28-13-27-18/h2-7,11-12,14H,8-10,13H2,1H3. The second-order valence-electron chi connectivity index (χ2n) is 8.08. The molecule has 3 aliphatic rings. The Morgan fingerprint density at radius 2 is 1.93 bits per heavy atom. The summed E-state index contributed by atoms with van der Waals surface area (Å²) in [5.74, 6) is 2.18. The smallest absolute Gasteiger partial charge is 0.239 e. The van der Waals surface area contributed by atoms with Crippen LogP contribution in [-0.2, 0) is 16.6 Å². The largest absolute Gasteiger partial charge is 0.454 e. The summed E-state index contributed by atoms with van der Waals surface area (Å²) in [6.45, 7) is 2.34. The number of fused-ring (bicyclic) bond motifs is 2. The number of rotatable bonds is 3. The molecule has 0 saturated heterocycles. The van der Waals surface area contributed by atoms with E-state index in [9.17, 15) is 4.79 Å². The van der Waals surface area contributed by atoms with Crippen molar-refractivity contribution in [3.8, 4) is 22.8 Å². The molecule has 1 aliphatic carbocycles. The summed E-state index contributed by atoms with van der Waals surface area (Å²) in [5.41, 5.74) is 3.24. The fourth-order valence-corrected chi connectivity index (χ4v) is 4.50.